The van der Waals surface area contributed by atoms with Gasteiger partial charge >= 0.3 is 0 Å². The Bertz CT molecular complexity index is 772. The molecule has 0 aliphatic carbocycles. The SMILES string of the molecule is CCCN/C(=C\C/C=C(/C)N=C(N)c1ccc(C)cc1)c1ccccc1.CN. The minimum atomic E-state index is 0.551. The number of rotatable bonds is 8. The molecule has 0 amide bonds. The number of benzene rings is 2. The molecule has 2 rings (SSSR count). The Morgan fingerprint density at radius 3 is 2.21 bits per heavy atom. The minimum Gasteiger partial charge on any atom is -0.385 e. The molecular weight excluding hydrogens is 344 g/mol. The van der Waals surface area contributed by atoms with E-state index in [2.05, 4.69) is 66.3 Å². The molecule has 2 aromatic rings. The average molecular weight is 379 g/mol. The lowest BCUT2D eigenvalue weighted by Gasteiger charge is -2.10. The Morgan fingerprint density at radius 1 is 0.964 bits per heavy atom. The zero-order valence-electron chi connectivity index (χ0n) is 17.6. The van der Waals surface area contributed by atoms with E-state index in [0.717, 1.165) is 36.3 Å². The summed E-state index contributed by atoms with van der Waals surface area (Å²) in [5.41, 5.74) is 16.1. The van der Waals surface area contributed by atoms with Crippen molar-refractivity contribution in [2.45, 2.75) is 33.6 Å². The van der Waals surface area contributed by atoms with Gasteiger partial charge in [0.05, 0.1) is 0 Å². The molecule has 0 radical (unpaired) electrons. The van der Waals surface area contributed by atoms with Gasteiger partial charge in [-0.05, 0) is 39.3 Å². The van der Waals surface area contributed by atoms with E-state index in [1.807, 2.05) is 37.3 Å². The van der Waals surface area contributed by atoms with Gasteiger partial charge in [0.15, 0.2) is 0 Å². The fraction of sp³-hybridized carbons (Fsp3) is 0.292. The first-order valence-electron chi connectivity index (χ1n) is 9.75. The Balaban J connectivity index is 0.00000190. The molecule has 0 atom stereocenters. The lowest BCUT2D eigenvalue weighted by molar-refractivity contribution is 0.822. The first-order valence-corrected chi connectivity index (χ1v) is 9.75. The van der Waals surface area contributed by atoms with Crippen LogP contribution in [0.2, 0.25) is 0 Å². The van der Waals surface area contributed by atoms with E-state index in [4.69, 9.17) is 5.73 Å². The van der Waals surface area contributed by atoms with E-state index in [-0.39, 0.29) is 0 Å². The summed E-state index contributed by atoms with van der Waals surface area (Å²) in [6.07, 6.45) is 6.19. The Labute approximate surface area is 170 Å². The van der Waals surface area contributed by atoms with Gasteiger partial charge in [0.2, 0.25) is 0 Å². The lowest BCUT2D eigenvalue weighted by atomic mass is 10.1. The lowest BCUT2D eigenvalue weighted by Crippen LogP contribution is -2.13. The number of nitrogens with two attached hydrogens (primary N) is 2. The van der Waals surface area contributed by atoms with E-state index in [9.17, 15) is 0 Å². The van der Waals surface area contributed by atoms with Gasteiger partial charge in [0.1, 0.15) is 5.84 Å². The smallest absolute Gasteiger partial charge is 0.130 e. The number of allylic oxidation sites excluding steroid dienone is 3. The molecule has 0 aliphatic heterocycles. The maximum atomic E-state index is 6.12. The molecule has 4 heteroatoms. The van der Waals surface area contributed by atoms with E-state index >= 15 is 0 Å². The van der Waals surface area contributed by atoms with Crippen molar-refractivity contribution < 1.29 is 0 Å². The Morgan fingerprint density at radius 2 is 1.61 bits per heavy atom. The Hall–Kier alpha value is -2.85. The molecule has 0 spiro atoms. The van der Waals surface area contributed by atoms with Crippen LogP contribution in [-0.2, 0) is 0 Å². The number of amidine groups is 1. The highest BCUT2D eigenvalue weighted by Gasteiger charge is 2.00. The predicted molar refractivity (Wildman–Crippen MR) is 123 cm³/mol. The van der Waals surface area contributed by atoms with Crippen LogP contribution in [0.15, 0.2) is 77.4 Å². The van der Waals surface area contributed by atoms with Crippen LogP contribution in [0.4, 0.5) is 0 Å². The fourth-order valence-electron chi connectivity index (χ4n) is 2.54. The van der Waals surface area contributed by atoms with Gasteiger partial charge in [-0.25, -0.2) is 4.99 Å². The average Bonchev–Trinajstić information content (AvgIpc) is 2.73. The van der Waals surface area contributed by atoms with Crippen LogP contribution in [0.5, 0.6) is 0 Å². The van der Waals surface area contributed by atoms with Gasteiger partial charge in [-0.2, -0.15) is 0 Å². The fourth-order valence-corrected chi connectivity index (χ4v) is 2.54. The molecular formula is C24H34N4. The van der Waals surface area contributed by atoms with Crippen LogP contribution in [0.3, 0.4) is 0 Å². The summed E-state index contributed by atoms with van der Waals surface area (Å²) in [5, 5.41) is 3.50. The van der Waals surface area contributed by atoms with Gasteiger partial charge < -0.3 is 16.8 Å². The maximum Gasteiger partial charge on any atom is 0.130 e. The zero-order valence-corrected chi connectivity index (χ0v) is 17.6. The topological polar surface area (TPSA) is 76.4 Å². The van der Waals surface area contributed by atoms with Crippen LogP contribution in [0.25, 0.3) is 5.70 Å². The Kier molecular flexibility index (Phi) is 11.0. The first kappa shape index (κ1) is 23.2. The zero-order chi connectivity index (χ0) is 20.8. The summed E-state index contributed by atoms with van der Waals surface area (Å²) >= 11 is 0. The molecule has 5 N–H and O–H groups in total. The van der Waals surface area contributed by atoms with E-state index in [1.54, 1.807) is 0 Å². The second-order valence-electron chi connectivity index (χ2n) is 6.35. The second kappa shape index (κ2) is 13.3. The number of aliphatic imine (C=N–C) groups is 1. The normalized spacial score (nSPS) is 12.2. The number of hydrogen-bond acceptors (Lipinski definition) is 3. The number of nitrogens with zero attached hydrogens (tertiary/aromatic N) is 1. The van der Waals surface area contributed by atoms with E-state index in [0.29, 0.717) is 5.84 Å². The largest absolute Gasteiger partial charge is 0.385 e. The standard InChI is InChI=1S/C23H29N3.CH5N/c1-4-17-25-22(20-10-6-5-7-11-20)12-8-9-19(3)26-23(24)21-15-13-18(2)14-16-21;1-2/h5-7,9-16,25H,4,8,17H2,1-3H3,(H2,24,26);2H2,1H3/b19-9-,22-12-;. The van der Waals surface area contributed by atoms with Crippen molar-refractivity contribution in [3.05, 3.63) is 89.1 Å². The molecule has 28 heavy (non-hydrogen) atoms. The van der Waals surface area contributed by atoms with Crippen LogP contribution in [0.1, 0.15) is 43.4 Å². The summed E-state index contributed by atoms with van der Waals surface area (Å²) in [6, 6.07) is 18.5. The molecule has 0 saturated heterocycles. The third-order valence-corrected chi connectivity index (χ3v) is 4.03. The summed E-state index contributed by atoms with van der Waals surface area (Å²) in [4.78, 5) is 4.51. The van der Waals surface area contributed by atoms with Crippen molar-refractivity contribution in [1.82, 2.24) is 5.32 Å². The van der Waals surface area contributed by atoms with Crippen molar-refractivity contribution >= 4 is 11.5 Å². The highest BCUT2D eigenvalue weighted by Crippen LogP contribution is 2.13. The molecule has 0 unspecified atom stereocenters. The molecule has 2 aromatic carbocycles. The van der Waals surface area contributed by atoms with Gasteiger partial charge in [0.25, 0.3) is 0 Å². The van der Waals surface area contributed by atoms with Crippen molar-refractivity contribution in [1.29, 1.82) is 0 Å². The molecule has 4 nitrogen and oxygen atoms in total. The van der Waals surface area contributed by atoms with Crippen molar-refractivity contribution in [2.24, 2.45) is 16.5 Å². The summed E-state index contributed by atoms with van der Waals surface area (Å²) in [6.45, 7) is 7.17. The number of nitrogens with one attached hydrogen (secondary N) is 1. The summed E-state index contributed by atoms with van der Waals surface area (Å²) in [7, 11) is 1.50. The monoisotopic (exact) mass is 378 g/mol. The second-order valence-corrected chi connectivity index (χ2v) is 6.35. The first-order chi connectivity index (χ1) is 13.6. The van der Waals surface area contributed by atoms with Crippen molar-refractivity contribution in [3.8, 4) is 0 Å². The van der Waals surface area contributed by atoms with Crippen molar-refractivity contribution in [3.63, 3.8) is 0 Å². The molecule has 0 heterocycles. The molecule has 0 fully saturated rings. The highest BCUT2D eigenvalue weighted by atomic mass is 14.9. The molecule has 0 aliphatic rings. The van der Waals surface area contributed by atoms with Crippen LogP contribution < -0.4 is 16.8 Å². The quantitative estimate of drug-likeness (QED) is 0.464. The summed E-state index contributed by atoms with van der Waals surface area (Å²) < 4.78 is 0. The van der Waals surface area contributed by atoms with Crippen LogP contribution in [-0.4, -0.2) is 19.4 Å². The number of hydrogen-bond donors (Lipinski definition) is 3. The maximum absolute atomic E-state index is 6.12. The minimum absolute atomic E-state index is 0.551. The van der Waals surface area contributed by atoms with Crippen molar-refractivity contribution in [2.75, 3.05) is 13.6 Å². The third kappa shape index (κ3) is 8.23. The molecule has 0 aromatic heterocycles. The van der Waals surface area contributed by atoms with E-state index < -0.39 is 0 Å². The molecule has 0 saturated carbocycles. The van der Waals surface area contributed by atoms with Gasteiger partial charge in [0, 0.05) is 23.5 Å². The number of aryl methyl sites for hydroxylation is 1. The highest BCUT2D eigenvalue weighted by molar-refractivity contribution is 5.98. The van der Waals surface area contributed by atoms with Crippen LogP contribution in [0, 0.1) is 6.92 Å². The summed E-state index contributed by atoms with van der Waals surface area (Å²) in [5.74, 6) is 0.551. The van der Waals surface area contributed by atoms with E-state index in [1.165, 1.54) is 18.2 Å². The third-order valence-electron chi connectivity index (χ3n) is 4.03. The van der Waals surface area contributed by atoms with Gasteiger partial charge in [-0.15, -0.1) is 0 Å². The van der Waals surface area contributed by atoms with Crippen LogP contribution >= 0.6 is 0 Å². The molecule has 150 valence electrons. The molecule has 0 bridgehead atoms. The van der Waals surface area contributed by atoms with Gasteiger partial charge in [-0.3, -0.25) is 0 Å². The van der Waals surface area contributed by atoms with Gasteiger partial charge in [-0.1, -0.05) is 79.2 Å². The predicted octanol–water partition coefficient (Wildman–Crippen LogP) is 4.61.